The van der Waals surface area contributed by atoms with Crippen LogP contribution in [0.4, 0.5) is 0 Å². The third-order valence-corrected chi connectivity index (χ3v) is 5.95. The number of hydrogen-bond donors (Lipinski definition) is 1. The first-order chi connectivity index (χ1) is 15.5. The summed E-state index contributed by atoms with van der Waals surface area (Å²) in [7, 11) is 4.62. The second kappa shape index (κ2) is 9.11. The Morgan fingerprint density at radius 3 is 2.38 bits per heavy atom. The van der Waals surface area contributed by atoms with Gasteiger partial charge in [-0.2, -0.15) is 10.2 Å². The van der Waals surface area contributed by atoms with Gasteiger partial charge in [0.15, 0.2) is 11.5 Å². The summed E-state index contributed by atoms with van der Waals surface area (Å²) in [6.07, 6.45) is 1.52. The molecule has 2 heterocycles. The van der Waals surface area contributed by atoms with E-state index in [4.69, 9.17) is 14.2 Å². The van der Waals surface area contributed by atoms with Crippen LogP contribution in [0.25, 0.3) is 15.9 Å². The zero-order valence-corrected chi connectivity index (χ0v) is 18.9. The minimum absolute atomic E-state index is 0.297. The number of rotatable bonds is 7. The maximum Gasteiger partial charge on any atom is 0.281 e. The Labute approximate surface area is 189 Å². The van der Waals surface area contributed by atoms with E-state index in [1.54, 1.807) is 26.4 Å². The quantitative estimate of drug-likeness (QED) is 0.337. The first-order valence-corrected chi connectivity index (χ1v) is 10.6. The number of hydrogen-bond acceptors (Lipinski definition) is 7. The van der Waals surface area contributed by atoms with E-state index in [-0.39, 0.29) is 5.91 Å². The summed E-state index contributed by atoms with van der Waals surface area (Å²) in [5.41, 5.74) is 5.07. The van der Waals surface area contributed by atoms with Gasteiger partial charge in [-0.25, -0.2) is 10.1 Å². The Morgan fingerprint density at radius 1 is 1.06 bits per heavy atom. The molecule has 2 aromatic heterocycles. The monoisotopic (exact) mass is 450 g/mol. The van der Waals surface area contributed by atoms with E-state index in [1.165, 1.54) is 24.7 Å². The van der Waals surface area contributed by atoms with Gasteiger partial charge in [0.05, 0.1) is 43.8 Å². The van der Waals surface area contributed by atoms with Crippen LogP contribution in [0.15, 0.2) is 53.6 Å². The molecule has 32 heavy (non-hydrogen) atoms. The van der Waals surface area contributed by atoms with Gasteiger partial charge in [0.25, 0.3) is 5.91 Å². The molecule has 0 unspecified atom stereocenters. The summed E-state index contributed by atoms with van der Waals surface area (Å²) in [4.78, 5) is 14.2. The Bertz CT molecular complexity index is 1270. The molecular formula is C23H22N4O4S. The lowest BCUT2D eigenvalue weighted by Crippen LogP contribution is -2.16. The lowest BCUT2D eigenvalue weighted by molar-refractivity contribution is 0.0959. The van der Waals surface area contributed by atoms with Gasteiger partial charge in [-0.3, -0.25) is 4.79 Å². The SMILES string of the molecule is COc1cc(/C=N\NC(=O)c2cc3c(C)nn(-c4ccccc4)c3s2)cc(OC)c1OC. The number of carbonyl (C=O) groups excluding carboxylic acids is 1. The van der Waals surface area contributed by atoms with Crippen LogP contribution in [-0.2, 0) is 0 Å². The molecule has 0 atom stereocenters. The summed E-state index contributed by atoms with van der Waals surface area (Å²) in [6.45, 7) is 1.93. The molecule has 0 aliphatic carbocycles. The van der Waals surface area contributed by atoms with Crippen LogP contribution in [0.1, 0.15) is 20.9 Å². The van der Waals surface area contributed by atoms with Crippen molar-refractivity contribution in [2.24, 2.45) is 5.10 Å². The molecule has 0 aliphatic heterocycles. The summed E-state index contributed by atoms with van der Waals surface area (Å²) in [5.74, 6) is 1.20. The van der Waals surface area contributed by atoms with E-state index in [9.17, 15) is 4.79 Å². The number of ether oxygens (including phenoxy) is 3. The van der Waals surface area contributed by atoms with Gasteiger partial charge < -0.3 is 14.2 Å². The van der Waals surface area contributed by atoms with Crippen LogP contribution < -0.4 is 19.6 Å². The number of aryl methyl sites for hydroxylation is 1. The number of thiophene rings is 1. The molecule has 0 radical (unpaired) electrons. The number of benzene rings is 2. The number of hydrazone groups is 1. The summed E-state index contributed by atoms with van der Waals surface area (Å²) >= 11 is 1.37. The second-order valence-electron chi connectivity index (χ2n) is 6.82. The van der Waals surface area contributed by atoms with Gasteiger partial charge in [0.1, 0.15) is 4.83 Å². The van der Waals surface area contributed by atoms with Crippen molar-refractivity contribution in [1.29, 1.82) is 0 Å². The van der Waals surface area contributed by atoms with E-state index in [0.29, 0.717) is 27.7 Å². The van der Waals surface area contributed by atoms with Gasteiger partial charge in [-0.05, 0) is 37.3 Å². The Kier molecular flexibility index (Phi) is 6.09. The Hall–Kier alpha value is -3.85. The molecule has 2 aromatic carbocycles. The number of amides is 1. The molecule has 1 amide bonds. The van der Waals surface area contributed by atoms with E-state index in [1.807, 2.05) is 48.0 Å². The zero-order valence-electron chi connectivity index (χ0n) is 18.1. The third-order valence-electron chi connectivity index (χ3n) is 4.84. The van der Waals surface area contributed by atoms with Crippen LogP contribution in [0, 0.1) is 6.92 Å². The minimum atomic E-state index is -0.297. The van der Waals surface area contributed by atoms with E-state index < -0.39 is 0 Å². The van der Waals surface area contributed by atoms with Crippen LogP contribution in [0.5, 0.6) is 17.2 Å². The number of methoxy groups -OCH3 is 3. The van der Waals surface area contributed by atoms with Gasteiger partial charge in [-0.15, -0.1) is 11.3 Å². The van der Waals surface area contributed by atoms with E-state index >= 15 is 0 Å². The molecule has 164 valence electrons. The first-order valence-electron chi connectivity index (χ1n) is 9.73. The van der Waals surface area contributed by atoms with Gasteiger partial charge >= 0.3 is 0 Å². The molecule has 8 nitrogen and oxygen atoms in total. The van der Waals surface area contributed by atoms with Gasteiger partial charge in [0, 0.05) is 10.9 Å². The number of nitrogens with zero attached hydrogens (tertiary/aromatic N) is 3. The summed E-state index contributed by atoms with van der Waals surface area (Å²) in [5, 5.41) is 9.63. The van der Waals surface area contributed by atoms with Crippen molar-refractivity contribution in [3.8, 4) is 22.9 Å². The second-order valence-corrected chi connectivity index (χ2v) is 7.85. The molecule has 0 spiro atoms. The normalized spacial score (nSPS) is 11.1. The summed E-state index contributed by atoms with van der Waals surface area (Å²) in [6, 6.07) is 15.2. The lowest BCUT2D eigenvalue weighted by atomic mass is 10.2. The fraction of sp³-hybridized carbons (Fsp3) is 0.174. The molecule has 4 aromatic rings. The first kappa shape index (κ1) is 21.4. The third kappa shape index (κ3) is 4.02. The van der Waals surface area contributed by atoms with Crippen molar-refractivity contribution in [1.82, 2.24) is 15.2 Å². The van der Waals surface area contributed by atoms with Gasteiger partial charge in [-0.1, -0.05) is 18.2 Å². The average Bonchev–Trinajstić information content (AvgIpc) is 3.39. The topological polar surface area (TPSA) is 87.0 Å². The average molecular weight is 451 g/mol. The molecule has 0 aliphatic rings. The lowest BCUT2D eigenvalue weighted by Gasteiger charge is -2.12. The van der Waals surface area contributed by atoms with E-state index in [0.717, 1.165) is 21.6 Å². The minimum Gasteiger partial charge on any atom is -0.493 e. The molecule has 9 heteroatoms. The summed E-state index contributed by atoms with van der Waals surface area (Å²) < 4.78 is 17.8. The van der Waals surface area contributed by atoms with Crippen molar-refractivity contribution < 1.29 is 19.0 Å². The Balaban J connectivity index is 1.56. The number of nitrogens with one attached hydrogen (secondary N) is 1. The standard InChI is InChI=1S/C23H22N4O4S/c1-14-17-12-20(32-23(17)27(26-14)16-8-6-5-7-9-16)22(28)25-24-13-15-10-18(29-2)21(31-4)19(11-15)30-3/h5-13H,1-4H3,(H,25,28)/b24-13-. The van der Waals surface area contributed by atoms with Crippen LogP contribution >= 0.6 is 11.3 Å². The van der Waals surface area contributed by atoms with Crippen molar-refractivity contribution >= 4 is 33.7 Å². The smallest absolute Gasteiger partial charge is 0.281 e. The molecule has 1 N–H and O–H groups in total. The maximum absolute atomic E-state index is 12.7. The molecule has 0 saturated heterocycles. The van der Waals surface area contributed by atoms with Crippen molar-refractivity contribution in [2.45, 2.75) is 6.92 Å². The molecule has 0 fully saturated rings. The maximum atomic E-state index is 12.7. The van der Waals surface area contributed by atoms with Gasteiger partial charge in [0.2, 0.25) is 5.75 Å². The van der Waals surface area contributed by atoms with Crippen molar-refractivity contribution in [3.63, 3.8) is 0 Å². The molecular weight excluding hydrogens is 428 g/mol. The fourth-order valence-electron chi connectivity index (χ4n) is 3.30. The molecule has 4 rings (SSSR count). The van der Waals surface area contributed by atoms with Crippen LogP contribution in [-0.4, -0.2) is 43.2 Å². The number of fused-ring (bicyclic) bond motifs is 1. The highest BCUT2D eigenvalue weighted by Crippen LogP contribution is 2.37. The number of carbonyl (C=O) groups is 1. The zero-order chi connectivity index (χ0) is 22.7. The van der Waals surface area contributed by atoms with Crippen LogP contribution in [0.3, 0.4) is 0 Å². The predicted octanol–water partition coefficient (Wildman–Crippen LogP) is 4.19. The fourth-order valence-corrected chi connectivity index (χ4v) is 4.37. The largest absolute Gasteiger partial charge is 0.493 e. The number of aromatic nitrogens is 2. The number of para-hydroxylation sites is 1. The highest BCUT2D eigenvalue weighted by molar-refractivity contribution is 7.20. The van der Waals surface area contributed by atoms with E-state index in [2.05, 4.69) is 15.6 Å². The predicted molar refractivity (Wildman–Crippen MR) is 125 cm³/mol. The molecule has 0 bridgehead atoms. The highest BCUT2D eigenvalue weighted by atomic mass is 32.1. The molecule has 0 saturated carbocycles. The highest BCUT2D eigenvalue weighted by Gasteiger charge is 2.17. The Morgan fingerprint density at radius 2 is 1.75 bits per heavy atom. The van der Waals surface area contributed by atoms with Crippen LogP contribution in [0.2, 0.25) is 0 Å². The van der Waals surface area contributed by atoms with Crippen molar-refractivity contribution in [2.75, 3.05) is 21.3 Å². The van der Waals surface area contributed by atoms with Crippen molar-refractivity contribution in [3.05, 3.63) is 64.7 Å².